The molecule has 107 valence electrons. The van der Waals surface area contributed by atoms with Gasteiger partial charge in [-0.1, -0.05) is 0 Å². The van der Waals surface area contributed by atoms with Crippen LogP contribution in [-0.4, -0.2) is 98.8 Å². The van der Waals surface area contributed by atoms with Gasteiger partial charge in [-0.05, 0) is 0 Å². The largest absolute Gasteiger partial charge is 0.412 e. The summed E-state index contributed by atoms with van der Waals surface area (Å²) in [5.41, 5.74) is 0. The van der Waals surface area contributed by atoms with Crippen molar-refractivity contribution < 1.29 is 37.8 Å². The molecule has 0 bridgehead atoms. The van der Waals surface area contributed by atoms with Crippen LogP contribution in [0.4, 0.5) is 0 Å². The molecule has 1 rings (SSSR count). The maximum absolute atomic E-state index is 9.67. The second-order valence-electron chi connectivity index (χ2n) is 3.09. The fourth-order valence-electron chi connectivity index (χ4n) is 1.23. The zero-order valence-electron chi connectivity index (χ0n) is 9.33. The molecule has 0 spiro atoms. The predicted molar refractivity (Wildman–Crippen MR) is 59.4 cm³/mol. The smallest absolute Gasteiger partial charge is 0.412 e. The van der Waals surface area contributed by atoms with Crippen LogP contribution in [0.2, 0.25) is 0 Å². The first-order valence-corrected chi connectivity index (χ1v) is 6.42. The minimum absolute atomic E-state index is 0. The summed E-state index contributed by atoms with van der Waals surface area (Å²) >= 11 is -1.19. The van der Waals surface area contributed by atoms with Crippen molar-refractivity contribution in [3.8, 4) is 0 Å². The zero-order valence-corrected chi connectivity index (χ0v) is 11.9. The molecule has 0 aromatic heterocycles. The summed E-state index contributed by atoms with van der Waals surface area (Å²) in [6, 6.07) is 0. The van der Waals surface area contributed by atoms with Crippen molar-refractivity contribution in [3.63, 3.8) is 0 Å². The van der Waals surface area contributed by atoms with Crippen molar-refractivity contribution in [2.45, 2.75) is 24.4 Å². The van der Waals surface area contributed by atoms with E-state index in [1.807, 2.05) is 0 Å². The molecule has 0 saturated carbocycles. The molecular weight excluding hydrogens is 348 g/mol. The number of rotatable bonds is 5. The fourth-order valence-corrected chi connectivity index (χ4v) is 3.24. The van der Waals surface area contributed by atoms with Gasteiger partial charge in [-0.2, -0.15) is 0 Å². The molecule has 10 heteroatoms. The maximum atomic E-state index is 9.67. The molecule has 0 aromatic carbocycles. The Morgan fingerprint density at radius 1 is 1.24 bits per heavy atom. The van der Waals surface area contributed by atoms with Crippen molar-refractivity contribution in [1.29, 1.82) is 0 Å². The van der Waals surface area contributed by atoms with Crippen LogP contribution in [0.25, 0.3) is 0 Å². The Balaban J connectivity index is -0.000000653. The van der Waals surface area contributed by atoms with Crippen LogP contribution in [0.3, 0.4) is 0 Å². The van der Waals surface area contributed by atoms with Gasteiger partial charge in [-0.25, -0.2) is 0 Å². The van der Waals surface area contributed by atoms with E-state index in [2.05, 4.69) is 5.32 Å². The first-order chi connectivity index (χ1) is 6.70. The predicted octanol–water partition coefficient (Wildman–Crippen LogP) is -5.24. The average Bonchev–Trinajstić information content (AvgIpc) is 2.64. The van der Waals surface area contributed by atoms with Crippen molar-refractivity contribution in [1.82, 2.24) is 5.32 Å². The molecule has 1 saturated heterocycles. The quantitative estimate of drug-likeness (QED) is 0.351. The van der Waals surface area contributed by atoms with E-state index in [0.717, 1.165) is 0 Å². The normalized spacial score (nSPS) is 26.1. The Labute approximate surface area is 110 Å². The molecule has 1 aliphatic rings. The number of hydrogen-bond acceptors (Lipinski definition) is 6. The summed E-state index contributed by atoms with van der Waals surface area (Å²) in [5, 5.41) is 30.8. The Morgan fingerprint density at radius 2 is 1.82 bits per heavy atom. The number of nitrogens with one attached hydrogen (secondary N) is 1. The molecule has 4 unspecified atom stereocenters. The van der Waals surface area contributed by atoms with Crippen LogP contribution in [0.1, 0.15) is 0 Å². The summed E-state index contributed by atoms with van der Waals surface area (Å²) in [6.07, 6.45) is -3.01. The molecular formula is C7H21NO8Sb. The monoisotopic (exact) mass is 368 g/mol. The van der Waals surface area contributed by atoms with Gasteiger partial charge in [0.2, 0.25) is 0 Å². The van der Waals surface area contributed by atoms with Crippen LogP contribution in [-0.2, 0) is 6.03 Å². The van der Waals surface area contributed by atoms with Crippen molar-refractivity contribution >= 4 is 22.5 Å². The first-order valence-electron chi connectivity index (χ1n) is 4.34. The van der Waals surface area contributed by atoms with Crippen molar-refractivity contribution in [2.24, 2.45) is 0 Å². The van der Waals surface area contributed by atoms with Crippen LogP contribution < -0.4 is 5.32 Å². The minimum Gasteiger partial charge on any atom is -0.412 e. The van der Waals surface area contributed by atoms with Gasteiger partial charge in [0, 0.05) is 0 Å². The molecule has 1 heterocycles. The van der Waals surface area contributed by atoms with E-state index in [-0.39, 0.29) is 29.6 Å². The molecule has 17 heavy (non-hydrogen) atoms. The van der Waals surface area contributed by atoms with Crippen LogP contribution in [0, 0.1) is 0 Å². The molecule has 1 fully saturated rings. The number of aliphatic hydroxyl groups excluding tert-OH is 3. The number of aliphatic hydroxyl groups is 3. The summed E-state index contributed by atoms with van der Waals surface area (Å²) < 4.78 is 10.4. The number of likely N-dealkylation sites (N-methyl/N-ethyl adjacent to an activating group) is 1. The van der Waals surface area contributed by atoms with Gasteiger partial charge in [0.25, 0.3) is 0 Å². The first kappa shape index (κ1) is 22.6. The molecule has 4 atom stereocenters. The van der Waals surface area contributed by atoms with Crippen LogP contribution in [0.15, 0.2) is 0 Å². The Hall–Kier alpha value is 0.458. The zero-order chi connectivity index (χ0) is 10.6. The summed E-state index contributed by atoms with van der Waals surface area (Å²) in [5.74, 6) is 0. The molecule has 0 amide bonds. The third kappa shape index (κ3) is 6.25. The van der Waals surface area contributed by atoms with Crippen molar-refractivity contribution in [2.75, 3.05) is 20.2 Å². The third-order valence-electron chi connectivity index (χ3n) is 2.03. The summed E-state index contributed by atoms with van der Waals surface area (Å²) in [7, 11) is 1.68. The van der Waals surface area contributed by atoms with Crippen LogP contribution >= 0.6 is 0 Å². The number of hydrogen-bond donors (Lipinski definition) is 4. The maximum Gasteiger partial charge on any atom is -0.412 e. The third-order valence-corrected chi connectivity index (χ3v) is 3.99. The van der Waals surface area contributed by atoms with Crippen molar-refractivity contribution in [3.05, 3.63) is 0 Å². The van der Waals surface area contributed by atoms with Gasteiger partial charge in [-0.15, -0.1) is 0 Å². The molecule has 0 aliphatic carbocycles. The van der Waals surface area contributed by atoms with Gasteiger partial charge < -0.3 is 16.4 Å². The molecule has 0 aromatic rings. The van der Waals surface area contributed by atoms with E-state index in [1.165, 1.54) is 0 Å². The second kappa shape index (κ2) is 11.5. The van der Waals surface area contributed by atoms with E-state index < -0.39 is 46.9 Å². The Kier molecular flexibility index (Phi) is 15.4. The average molecular weight is 369 g/mol. The van der Waals surface area contributed by atoms with Gasteiger partial charge in [0.05, 0.1) is 0 Å². The molecule has 10 N–H and O–H groups in total. The minimum atomic E-state index is -1.19. The molecule has 1 radical (unpaired) electrons. The second-order valence-corrected chi connectivity index (χ2v) is 4.72. The van der Waals surface area contributed by atoms with E-state index in [9.17, 15) is 10.2 Å². The van der Waals surface area contributed by atoms with E-state index in [1.54, 1.807) is 7.05 Å². The fraction of sp³-hybridized carbons (Fsp3) is 1.00. The molecule has 9 nitrogen and oxygen atoms in total. The van der Waals surface area contributed by atoms with Gasteiger partial charge in [0.1, 0.15) is 0 Å². The van der Waals surface area contributed by atoms with E-state index in [4.69, 9.17) is 11.1 Å². The van der Waals surface area contributed by atoms with Crippen LogP contribution in [0.5, 0.6) is 0 Å². The SMILES string of the molecule is CNCC(O)C(O)C1[O][Sb][O]C1CO.O.O.O. The van der Waals surface area contributed by atoms with Gasteiger partial charge in [0.15, 0.2) is 0 Å². The van der Waals surface area contributed by atoms with Gasteiger partial charge >= 0.3 is 93.7 Å². The summed E-state index contributed by atoms with van der Waals surface area (Å²) in [4.78, 5) is 0. The Bertz CT molecular complexity index is 176. The standard InChI is InChI=1S/C7H15NO5.3H2O.Sb/c1-8-2-4(10)6(12)7(13)5(11)3-9;;;;/h4-10,12H,2-3H2,1H3;3*1H2;/q-2;;;;+2. The Morgan fingerprint density at radius 3 is 2.29 bits per heavy atom. The molecule has 1 aliphatic heterocycles. The van der Waals surface area contributed by atoms with E-state index in [0.29, 0.717) is 0 Å². The summed E-state index contributed by atoms with van der Waals surface area (Å²) in [6.45, 7) is 0.0891. The topological polar surface area (TPSA) is 186 Å². The van der Waals surface area contributed by atoms with Gasteiger partial charge in [-0.3, -0.25) is 0 Å². The van der Waals surface area contributed by atoms with E-state index >= 15 is 0 Å².